The molecule has 1 saturated heterocycles. The maximum absolute atomic E-state index is 12.1. The molecule has 1 aromatic carbocycles. The molecule has 1 aliphatic heterocycles. The van der Waals surface area contributed by atoms with Gasteiger partial charge in [0, 0.05) is 38.4 Å². The topological polar surface area (TPSA) is 94.1 Å². The van der Waals surface area contributed by atoms with Crippen molar-refractivity contribution in [1.82, 2.24) is 10.2 Å². The van der Waals surface area contributed by atoms with Gasteiger partial charge in [-0.25, -0.2) is 4.79 Å². The molecule has 0 bridgehead atoms. The van der Waals surface area contributed by atoms with Gasteiger partial charge in [-0.3, -0.25) is 10.2 Å². The van der Waals surface area contributed by atoms with Crippen LogP contribution in [0.4, 0.5) is 10.5 Å². The normalized spacial score (nSPS) is 15.8. The minimum absolute atomic E-state index is 0.349. The lowest BCUT2D eigenvalue weighted by Gasteiger charge is -2.28. The van der Waals surface area contributed by atoms with Gasteiger partial charge < -0.3 is 20.1 Å². The van der Waals surface area contributed by atoms with Gasteiger partial charge in [-0.2, -0.15) is 0 Å². The quantitative estimate of drug-likeness (QED) is 0.589. The van der Waals surface area contributed by atoms with Crippen LogP contribution in [0, 0.1) is 6.92 Å². The predicted octanol–water partition coefficient (Wildman–Crippen LogP) is 0.427. The number of anilines is 1. The van der Waals surface area contributed by atoms with Gasteiger partial charge in [0.25, 0.3) is 0 Å². The molecule has 25 heavy (non-hydrogen) atoms. The van der Waals surface area contributed by atoms with Crippen LogP contribution in [0.3, 0.4) is 0 Å². The summed E-state index contributed by atoms with van der Waals surface area (Å²) in [7, 11) is -1.60. The van der Waals surface area contributed by atoms with E-state index in [1.165, 1.54) is 0 Å². The molecule has 1 aliphatic rings. The van der Waals surface area contributed by atoms with Crippen molar-refractivity contribution in [1.29, 1.82) is 0 Å². The monoisotopic (exact) mass is 349 g/mol. The van der Waals surface area contributed by atoms with Crippen LogP contribution in [0.25, 0.3) is 0 Å². The summed E-state index contributed by atoms with van der Waals surface area (Å²) in [5.74, 6) is 0. The molecular formula is C17H28BN3O4. The van der Waals surface area contributed by atoms with Crippen LogP contribution in [-0.4, -0.2) is 59.9 Å². The zero-order valence-electron chi connectivity index (χ0n) is 15.4. The summed E-state index contributed by atoms with van der Waals surface area (Å²) in [4.78, 5) is 14.4. The number of carbonyl (C=O) groups is 1. The van der Waals surface area contributed by atoms with E-state index in [4.69, 9.17) is 4.74 Å². The van der Waals surface area contributed by atoms with Gasteiger partial charge in [0.1, 0.15) is 5.60 Å². The number of hydrogen-bond donors (Lipinski definition) is 4. The molecule has 0 saturated carbocycles. The standard InChI is InChI=1S/C17H28BN3O4/c1-12-13(11-21-7-5-19-6-8-21)9-14(18(23)24)10-15(12)20-16(22)25-17(2,3)4/h9-10,19,23-24H,5-8,11H2,1-4H3,(H,20,22). The minimum Gasteiger partial charge on any atom is -0.444 e. The van der Waals surface area contributed by atoms with Gasteiger partial charge in [-0.15, -0.1) is 0 Å². The molecule has 0 aliphatic carbocycles. The summed E-state index contributed by atoms with van der Waals surface area (Å²) in [6.45, 7) is 11.7. The Balaban J connectivity index is 2.23. The molecule has 1 amide bonds. The molecule has 8 heteroatoms. The number of piperazine rings is 1. The number of benzene rings is 1. The lowest BCUT2D eigenvalue weighted by atomic mass is 9.78. The lowest BCUT2D eigenvalue weighted by Crippen LogP contribution is -2.43. The van der Waals surface area contributed by atoms with Gasteiger partial charge in [-0.05, 0) is 50.4 Å². The van der Waals surface area contributed by atoms with E-state index in [9.17, 15) is 14.8 Å². The number of nitrogens with one attached hydrogen (secondary N) is 2. The molecule has 0 unspecified atom stereocenters. The van der Waals surface area contributed by atoms with E-state index in [2.05, 4.69) is 15.5 Å². The highest BCUT2D eigenvalue weighted by Gasteiger charge is 2.21. The summed E-state index contributed by atoms with van der Waals surface area (Å²) in [5, 5.41) is 25.2. The van der Waals surface area contributed by atoms with Crippen LogP contribution in [0.1, 0.15) is 31.9 Å². The van der Waals surface area contributed by atoms with Crippen molar-refractivity contribution >= 4 is 24.4 Å². The van der Waals surface area contributed by atoms with Gasteiger partial charge >= 0.3 is 13.2 Å². The number of rotatable bonds is 4. The third-order valence-corrected chi connectivity index (χ3v) is 4.07. The summed E-state index contributed by atoms with van der Waals surface area (Å²) >= 11 is 0. The second kappa shape index (κ2) is 8.18. The van der Waals surface area contributed by atoms with E-state index >= 15 is 0 Å². The summed E-state index contributed by atoms with van der Waals surface area (Å²) < 4.78 is 5.29. The highest BCUT2D eigenvalue weighted by molar-refractivity contribution is 6.58. The molecule has 7 nitrogen and oxygen atoms in total. The van der Waals surface area contributed by atoms with Crippen molar-refractivity contribution in [3.05, 3.63) is 23.3 Å². The van der Waals surface area contributed by atoms with Crippen molar-refractivity contribution in [3.63, 3.8) is 0 Å². The van der Waals surface area contributed by atoms with Crippen LogP contribution < -0.4 is 16.1 Å². The van der Waals surface area contributed by atoms with Crippen molar-refractivity contribution in [2.75, 3.05) is 31.5 Å². The lowest BCUT2D eigenvalue weighted by molar-refractivity contribution is 0.0636. The fraction of sp³-hybridized carbons (Fsp3) is 0.588. The third kappa shape index (κ3) is 6.00. The first kappa shape index (κ1) is 19.7. The molecule has 1 aromatic rings. The van der Waals surface area contributed by atoms with E-state index in [1.54, 1.807) is 32.9 Å². The molecule has 0 aromatic heterocycles. The average molecular weight is 349 g/mol. The van der Waals surface area contributed by atoms with Crippen molar-refractivity contribution in [3.8, 4) is 0 Å². The number of carbonyl (C=O) groups excluding carboxylic acids is 1. The fourth-order valence-corrected chi connectivity index (χ4v) is 2.77. The van der Waals surface area contributed by atoms with E-state index in [0.29, 0.717) is 17.7 Å². The third-order valence-electron chi connectivity index (χ3n) is 4.07. The first-order chi connectivity index (χ1) is 11.7. The molecular weight excluding hydrogens is 321 g/mol. The summed E-state index contributed by atoms with van der Waals surface area (Å²) in [6, 6.07) is 3.35. The highest BCUT2D eigenvalue weighted by Crippen LogP contribution is 2.21. The van der Waals surface area contributed by atoms with Crippen LogP contribution in [0.2, 0.25) is 0 Å². The molecule has 0 radical (unpaired) electrons. The van der Waals surface area contributed by atoms with Gasteiger partial charge in [-0.1, -0.05) is 6.07 Å². The van der Waals surface area contributed by atoms with E-state index in [-0.39, 0.29) is 0 Å². The predicted molar refractivity (Wildman–Crippen MR) is 99.0 cm³/mol. The Morgan fingerprint density at radius 3 is 2.52 bits per heavy atom. The van der Waals surface area contributed by atoms with Crippen molar-refractivity contribution in [2.45, 2.75) is 39.8 Å². The SMILES string of the molecule is Cc1c(CN2CCNCC2)cc(B(O)O)cc1NC(=O)OC(C)(C)C. The van der Waals surface area contributed by atoms with Gasteiger partial charge in [0.2, 0.25) is 0 Å². The van der Waals surface area contributed by atoms with Gasteiger partial charge in [0.15, 0.2) is 0 Å². The molecule has 4 N–H and O–H groups in total. The van der Waals surface area contributed by atoms with Crippen LogP contribution >= 0.6 is 0 Å². The molecule has 0 atom stereocenters. The van der Waals surface area contributed by atoms with E-state index in [0.717, 1.165) is 37.3 Å². The smallest absolute Gasteiger partial charge is 0.444 e. The first-order valence-corrected chi connectivity index (χ1v) is 8.58. The Hall–Kier alpha value is -1.61. The Labute approximate surface area is 149 Å². The Morgan fingerprint density at radius 1 is 1.32 bits per heavy atom. The molecule has 0 spiro atoms. The number of ether oxygens (including phenoxy) is 1. The van der Waals surface area contributed by atoms with Gasteiger partial charge in [0.05, 0.1) is 0 Å². The van der Waals surface area contributed by atoms with Crippen LogP contribution in [-0.2, 0) is 11.3 Å². The Morgan fingerprint density at radius 2 is 1.96 bits per heavy atom. The summed E-state index contributed by atoms with van der Waals surface area (Å²) in [6.07, 6.45) is -0.562. The Kier molecular flexibility index (Phi) is 6.45. The largest absolute Gasteiger partial charge is 0.488 e. The maximum Gasteiger partial charge on any atom is 0.488 e. The number of hydrogen-bond acceptors (Lipinski definition) is 6. The molecule has 2 rings (SSSR count). The number of amides is 1. The Bertz CT molecular complexity index is 611. The first-order valence-electron chi connectivity index (χ1n) is 8.58. The fourth-order valence-electron chi connectivity index (χ4n) is 2.77. The van der Waals surface area contributed by atoms with Crippen LogP contribution in [0.15, 0.2) is 12.1 Å². The zero-order valence-corrected chi connectivity index (χ0v) is 15.4. The number of nitrogens with zero attached hydrogens (tertiary/aromatic N) is 1. The highest BCUT2D eigenvalue weighted by atomic mass is 16.6. The van der Waals surface area contributed by atoms with Crippen LogP contribution in [0.5, 0.6) is 0 Å². The molecule has 1 fully saturated rings. The second-order valence-corrected chi connectivity index (χ2v) is 7.38. The molecule has 1 heterocycles. The zero-order chi connectivity index (χ0) is 18.6. The molecule has 138 valence electrons. The van der Waals surface area contributed by atoms with Crippen molar-refractivity contribution < 1.29 is 19.6 Å². The minimum atomic E-state index is -1.60. The van der Waals surface area contributed by atoms with E-state index in [1.807, 2.05) is 6.92 Å². The average Bonchev–Trinajstić information content (AvgIpc) is 2.50. The van der Waals surface area contributed by atoms with E-state index < -0.39 is 18.8 Å². The summed E-state index contributed by atoms with van der Waals surface area (Å²) in [5.41, 5.74) is 2.13. The second-order valence-electron chi connectivity index (χ2n) is 7.38. The van der Waals surface area contributed by atoms with Crippen molar-refractivity contribution in [2.24, 2.45) is 0 Å². The maximum atomic E-state index is 12.1.